The molecule has 0 aliphatic heterocycles. The molecule has 1 fully saturated rings. The van der Waals surface area contributed by atoms with Crippen LogP contribution >= 0.6 is 0 Å². The first-order chi connectivity index (χ1) is 8.06. The Hall–Kier alpha value is -1.32. The fourth-order valence-electron chi connectivity index (χ4n) is 3.05. The second kappa shape index (κ2) is 4.51. The Morgan fingerprint density at radius 2 is 2.18 bits per heavy atom. The highest BCUT2D eigenvalue weighted by atomic mass is 16.4. The smallest absolute Gasteiger partial charge is 0.308 e. The molecule has 1 aromatic rings. The Bertz CT molecular complexity index is 437. The van der Waals surface area contributed by atoms with E-state index in [2.05, 4.69) is 18.9 Å². The highest BCUT2D eigenvalue weighted by molar-refractivity contribution is 5.71. The molecule has 0 spiro atoms. The van der Waals surface area contributed by atoms with Crippen LogP contribution in [0, 0.1) is 19.8 Å². The summed E-state index contributed by atoms with van der Waals surface area (Å²) in [5.41, 5.74) is 3.45. The van der Waals surface area contributed by atoms with E-state index >= 15 is 0 Å². The maximum Gasteiger partial charge on any atom is 0.308 e. The third-order valence-corrected chi connectivity index (χ3v) is 3.94. The van der Waals surface area contributed by atoms with Gasteiger partial charge >= 0.3 is 5.97 Å². The van der Waals surface area contributed by atoms with Crippen LogP contribution in [0.4, 0.5) is 0 Å². The minimum Gasteiger partial charge on any atom is -0.481 e. The summed E-state index contributed by atoms with van der Waals surface area (Å²) in [6.45, 7) is 6.17. The number of carboxylic acids is 1. The van der Waals surface area contributed by atoms with Crippen LogP contribution in [0.3, 0.4) is 0 Å². The molecule has 2 atom stereocenters. The summed E-state index contributed by atoms with van der Waals surface area (Å²) in [6.07, 6.45) is 3.66. The van der Waals surface area contributed by atoms with E-state index in [1.165, 1.54) is 5.56 Å². The van der Waals surface area contributed by atoms with Gasteiger partial charge in [0.15, 0.2) is 0 Å². The largest absolute Gasteiger partial charge is 0.481 e. The highest BCUT2D eigenvalue weighted by Gasteiger charge is 2.35. The lowest BCUT2D eigenvalue weighted by molar-refractivity contribution is -0.142. The van der Waals surface area contributed by atoms with Gasteiger partial charge in [-0.1, -0.05) is 13.3 Å². The van der Waals surface area contributed by atoms with Crippen molar-refractivity contribution in [3.05, 3.63) is 17.0 Å². The molecule has 1 aromatic heterocycles. The quantitative estimate of drug-likeness (QED) is 0.877. The fraction of sp³-hybridized carbons (Fsp3) is 0.692. The fourth-order valence-corrected chi connectivity index (χ4v) is 3.05. The molecule has 0 radical (unpaired) electrons. The molecule has 0 amide bonds. The maximum atomic E-state index is 11.2. The summed E-state index contributed by atoms with van der Waals surface area (Å²) in [4.78, 5) is 11.2. The molecule has 0 bridgehead atoms. The van der Waals surface area contributed by atoms with Gasteiger partial charge in [0.1, 0.15) is 0 Å². The second-order valence-corrected chi connectivity index (χ2v) is 4.89. The van der Waals surface area contributed by atoms with Crippen molar-refractivity contribution >= 4 is 5.97 Å². The summed E-state index contributed by atoms with van der Waals surface area (Å²) in [5, 5.41) is 13.8. The number of aromatic nitrogens is 2. The Kier molecular flexibility index (Phi) is 3.22. The minimum atomic E-state index is -0.682. The van der Waals surface area contributed by atoms with Crippen LogP contribution in [-0.4, -0.2) is 20.9 Å². The first-order valence-electron chi connectivity index (χ1n) is 6.33. The third-order valence-electron chi connectivity index (χ3n) is 3.94. The van der Waals surface area contributed by atoms with Gasteiger partial charge in [0.25, 0.3) is 0 Å². The van der Waals surface area contributed by atoms with E-state index < -0.39 is 5.97 Å². The zero-order valence-corrected chi connectivity index (χ0v) is 10.7. The average molecular weight is 236 g/mol. The number of hydrogen-bond acceptors (Lipinski definition) is 2. The lowest BCUT2D eigenvalue weighted by Gasteiger charge is -2.18. The van der Waals surface area contributed by atoms with Crippen LogP contribution in [0.2, 0.25) is 0 Å². The standard InChI is InChI=1S/C13H20N2O2/c1-4-10-8(2)14-15(9(10)3)12-7-5-6-11(12)13(16)17/h11-12H,4-7H2,1-3H3,(H,16,17). The van der Waals surface area contributed by atoms with E-state index in [4.69, 9.17) is 0 Å². The normalized spacial score (nSPS) is 24.2. The topological polar surface area (TPSA) is 55.1 Å². The van der Waals surface area contributed by atoms with Crippen LogP contribution in [0.25, 0.3) is 0 Å². The van der Waals surface area contributed by atoms with Gasteiger partial charge in [-0.3, -0.25) is 9.48 Å². The molecule has 1 heterocycles. The molecule has 94 valence electrons. The SMILES string of the molecule is CCc1c(C)nn(C2CCCC2C(=O)O)c1C. The van der Waals surface area contributed by atoms with Crippen LogP contribution in [0.1, 0.15) is 49.2 Å². The Labute approximate surface area is 102 Å². The second-order valence-electron chi connectivity index (χ2n) is 4.89. The Morgan fingerprint density at radius 1 is 1.47 bits per heavy atom. The molecule has 4 heteroatoms. The van der Waals surface area contributed by atoms with Gasteiger partial charge in [-0.05, 0) is 38.7 Å². The van der Waals surface area contributed by atoms with E-state index in [1.54, 1.807) is 0 Å². The molecule has 0 aromatic carbocycles. The van der Waals surface area contributed by atoms with E-state index in [9.17, 15) is 9.90 Å². The van der Waals surface area contributed by atoms with Crippen molar-refractivity contribution in [2.24, 2.45) is 5.92 Å². The van der Waals surface area contributed by atoms with Crippen molar-refractivity contribution in [3.8, 4) is 0 Å². The number of nitrogens with zero attached hydrogens (tertiary/aromatic N) is 2. The molecular formula is C13H20N2O2. The van der Waals surface area contributed by atoms with Gasteiger partial charge in [-0.25, -0.2) is 0 Å². The molecule has 4 nitrogen and oxygen atoms in total. The molecule has 2 unspecified atom stereocenters. The molecule has 1 saturated carbocycles. The predicted molar refractivity (Wildman–Crippen MR) is 65.1 cm³/mol. The van der Waals surface area contributed by atoms with Crippen LogP contribution in [0.5, 0.6) is 0 Å². The Morgan fingerprint density at radius 3 is 2.71 bits per heavy atom. The lowest BCUT2D eigenvalue weighted by atomic mass is 10.0. The van der Waals surface area contributed by atoms with Crippen molar-refractivity contribution in [2.45, 2.75) is 52.5 Å². The first-order valence-corrected chi connectivity index (χ1v) is 6.33. The van der Waals surface area contributed by atoms with Crippen molar-refractivity contribution in [2.75, 3.05) is 0 Å². The first kappa shape index (κ1) is 12.1. The van der Waals surface area contributed by atoms with Gasteiger partial charge in [-0.2, -0.15) is 5.10 Å². The number of hydrogen-bond donors (Lipinski definition) is 1. The summed E-state index contributed by atoms with van der Waals surface area (Å²) >= 11 is 0. The van der Waals surface area contributed by atoms with Crippen LogP contribution in [0.15, 0.2) is 0 Å². The monoisotopic (exact) mass is 236 g/mol. The number of carboxylic acid groups (broad SMARTS) is 1. The number of rotatable bonds is 3. The summed E-state index contributed by atoms with van der Waals surface area (Å²) in [5.74, 6) is -0.948. The zero-order valence-electron chi connectivity index (χ0n) is 10.7. The number of aliphatic carboxylic acids is 1. The van der Waals surface area contributed by atoms with Gasteiger partial charge in [0, 0.05) is 5.69 Å². The predicted octanol–water partition coefficient (Wildman–Crippen LogP) is 2.49. The molecule has 1 aliphatic carbocycles. The summed E-state index contributed by atoms with van der Waals surface area (Å²) < 4.78 is 1.96. The van der Waals surface area contributed by atoms with Crippen molar-refractivity contribution in [3.63, 3.8) is 0 Å². The van der Waals surface area contributed by atoms with Crippen molar-refractivity contribution in [1.29, 1.82) is 0 Å². The highest BCUT2D eigenvalue weighted by Crippen LogP contribution is 2.37. The van der Waals surface area contributed by atoms with Gasteiger partial charge in [-0.15, -0.1) is 0 Å². The van der Waals surface area contributed by atoms with E-state index in [1.807, 2.05) is 11.6 Å². The number of carbonyl (C=O) groups is 1. The Balaban J connectivity index is 2.37. The molecule has 0 saturated heterocycles. The van der Waals surface area contributed by atoms with Crippen LogP contribution in [-0.2, 0) is 11.2 Å². The maximum absolute atomic E-state index is 11.2. The van der Waals surface area contributed by atoms with E-state index in [-0.39, 0.29) is 12.0 Å². The van der Waals surface area contributed by atoms with Crippen molar-refractivity contribution in [1.82, 2.24) is 9.78 Å². The molecule has 17 heavy (non-hydrogen) atoms. The lowest BCUT2D eigenvalue weighted by Crippen LogP contribution is -2.23. The van der Waals surface area contributed by atoms with Crippen LogP contribution < -0.4 is 0 Å². The molecule has 1 aliphatic rings. The van der Waals surface area contributed by atoms with Gasteiger partial charge in [0.2, 0.25) is 0 Å². The minimum absolute atomic E-state index is 0.0477. The average Bonchev–Trinajstić information content (AvgIpc) is 2.83. The molecular weight excluding hydrogens is 216 g/mol. The van der Waals surface area contributed by atoms with Gasteiger partial charge < -0.3 is 5.11 Å². The van der Waals surface area contributed by atoms with Gasteiger partial charge in [0.05, 0.1) is 17.7 Å². The molecule has 1 N–H and O–H groups in total. The summed E-state index contributed by atoms with van der Waals surface area (Å²) in [6, 6.07) is 0.0477. The third kappa shape index (κ3) is 1.96. The number of aryl methyl sites for hydroxylation is 1. The zero-order chi connectivity index (χ0) is 12.6. The van der Waals surface area contributed by atoms with E-state index in [0.29, 0.717) is 0 Å². The van der Waals surface area contributed by atoms with E-state index in [0.717, 1.165) is 37.1 Å². The molecule has 2 rings (SSSR count). The summed E-state index contributed by atoms with van der Waals surface area (Å²) in [7, 11) is 0. The van der Waals surface area contributed by atoms with Crippen molar-refractivity contribution < 1.29 is 9.90 Å².